The van der Waals surface area contributed by atoms with E-state index in [1.807, 2.05) is 55.5 Å². The van der Waals surface area contributed by atoms with Gasteiger partial charge in [-0.05, 0) is 53.0 Å². The first-order valence-electron chi connectivity index (χ1n) is 11.5. The van der Waals surface area contributed by atoms with Gasteiger partial charge in [0.1, 0.15) is 6.10 Å². The summed E-state index contributed by atoms with van der Waals surface area (Å²) in [5.41, 5.74) is 6.21. The molecule has 0 amide bonds. The van der Waals surface area contributed by atoms with E-state index < -0.39 is 16.9 Å². The molecule has 1 unspecified atom stereocenters. The Balaban J connectivity index is 2.19. The van der Waals surface area contributed by atoms with Gasteiger partial charge in [-0.2, -0.15) is 0 Å². The molecule has 1 N–H and O–H groups in total. The molecule has 170 valence electrons. The summed E-state index contributed by atoms with van der Waals surface area (Å²) in [5.74, 6) is 0.904. The summed E-state index contributed by atoms with van der Waals surface area (Å²) in [6.07, 6.45) is -0.823. The van der Waals surface area contributed by atoms with Gasteiger partial charge in [-0.1, -0.05) is 102 Å². The van der Waals surface area contributed by atoms with Crippen molar-refractivity contribution in [3.05, 3.63) is 94.0 Å². The fourth-order valence-electron chi connectivity index (χ4n) is 4.02. The van der Waals surface area contributed by atoms with Crippen molar-refractivity contribution < 1.29 is 9.32 Å². The normalized spacial score (nSPS) is 13.7. The lowest BCUT2D eigenvalue weighted by Crippen LogP contribution is -2.11. The lowest BCUT2D eigenvalue weighted by Gasteiger charge is -2.24. The number of aliphatic hydroxyl groups excluding tert-OH is 1. The molecule has 0 saturated carbocycles. The van der Waals surface area contributed by atoms with Crippen molar-refractivity contribution in [2.75, 3.05) is 0 Å². The molecule has 3 rings (SSSR count). The van der Waals surface area contributed by atoms with Crippen LogP contribution in [0.1, 0.15) is 98.8 Å². The molecule has 0 aliphatic carbocycles. The first-order valence-corrected chi connectivity index (χ1v) is 12.7. The van der Waals surface area contributed by atoms with E-state index in [4.69, 9.17) is 0 Å². The highest BCUT2D eigenvalue weighted by molar-refractivity contribution is 7.85. The summed E-state index contributed by atoms with van der Waals surface area (Å²) in [7, 11) is -1.40. The predicted octanol–water partition coefficient (Wildman–Crippen LogP) is 7.61. The zero-order valence-electron chi connectivity index (χ0n) is 20.3. The Morgan fingerprint density at radius 2 is 1.22 bits per heavy atom. The smallest absolute Gasteiger partial charge is 0.105 e. The van der Waals surface area contributed by atoms with Crippen LogP contribution in [-0.2, 0) is 10.8 Å². The van der Waals surface area contributed by atoms with Crippen molar-refractivity contribution in [3.8, 4) is 0 Å². The maximum absolute atomic E-state index is 14.2. The van der Waals surface area contributed by atoms with Crippen LogP contribution in [0.15, 0.2) is 70.5 Å². The minimum atomic E-state index is -1.40. The van der Waals surface area contributed by atoms with Crippen molar-refractivity contribution in [1.82, 2.24) is 0 Å². The molecule has 2 atom stereocenters. The fourth-order valence-corrected chi connectivity index (χ4v) is 5.85. The third-order valence-electron chi connectivity index (χ3n) is 6.07. The van der Waals surface area contributed by atoms with Gasteiger partial charge >= 0.3 is 0 Å². The number of hydrogen-bond acceptors (Lipinski definition) is 2. The summed E-state index contributed by atoms with van der Waals surface area (Å²) in [5, 5.41) is 11.2. The molecule has 0 aliphatic rings. The molecule has 0 radical (unpaired) electrons. The van der Waals surface area contributed by atoms with Gasteiger partial charge in [0, 0.05) is 10.5 Å². The number of aryl methyl sites for hydroxylation is 1. The minimum absolute atomic E-state index is 0.249. The molecule has 2 nitrogen and oxygen atoms in total. The van der Waals surface area contributed by atoms with Crippen LogP contribution in [-0.4, -0.2) is 9.32 Å². The van der Waals surface area contributed by atoms with Crippen molar-refractivity contribution in [3.63, 3.8) is 0 Å². The van der Waals surface area contributed by atoms with Gasteiger partial charge in [-0.3, -0.25) is 0 Å². The number of hydrogen-bond donors (Lipinski definition) is 1. The van der Waals surface area contributed by atoms with Crippen molar-refractivity contribution in [2.24, 2.45) is 0 Å². The van der Waals surface area contributed by atoms with E-state index in [2.05, 4.69) is 53.7 Å². The molecule has 0 spiro atoms. The van der Waals surface area contributed by atoms with Crippen molar-refractivity contribution >= 4 is 10.8 Å². The van der Waals surface area contributed by atoms with E-state index in [1.54, 1.807) is 0 Å². The third-order valence-corrected chi connectivity index (χ3v) is 7.68. The average molecular weight is 449 g/mol. The topological polar surface area (TPSA) is 37.3 Å². The predicted molar refractivity (Wildman–Crippen MR) is 135 cm³/mol. The Labute approximate surface area is 196 Å². The Morgan fingerprint density at radius 1 is 0.688 bits per heavy atom. The van der Waals surface area contributed by atoms with Crippen LogP contribution in [0.5, 0.6) is 0 Å². The van der Waals surface area contributed by atoms with Crippen LogP contribution in [0.3, 0.4) is 0 Å². The molecule has 0 bridgehead atoms. The SMILES string of the molecule is Cc1ccc([C@H](O)c2ccccc2S(=O)c2c(C(C)C)cc(C(C)C)cc2C(C)C)cc1. The molecule has 0 aromatic heterocycles. The average Bonchev–Trinajstić information content (AvgIpc) is 2.77. The van der Waals surface area contributed by atoms with Crippen LogP contribution in [0.2, 0.25) is 0 Å². The number of rotatable bonds is 7. The molecular formula is C29H36O2S. The Morgan fingerprint density at radius 3 is 1.72 bits per heavy atom. The van der Waals surface area contributed by atoms with E-state index in [1.165, 1.54) is 5.56 Å². The van der Waals surface area contributed by atoms with Gasteiger partial charge in [-0.15, -0.1) is 0 Å². The maximum Gasteiger partial charge on any atom is 0.105 e. The maximum atomic E-state index is 14.2. The van der Waals surface area contributed by atoms with E-state index >= 15 is 0 Å². The Hall–Kier alpha value is -2.23. The lowest BCUT2D eigenvalue weighted by atomic mass is 9.89. The standard InChI is InChI=1S/C29H36O2S/c1-18(2)23-16-25(19(3)4)29(26(17-23)20(5)6)32(31)27-11-9-8-10-24(27)28(30)22-14-12-21(7)13-15-22/h8-20,28,30H,1-7H3/t28-,32?/m0/s1. The summed E-state index contributed by atoms with van der Waals surface area (Å²) in [6.45, 7) is 15.1. The van der Waals surface area contributed by atoms with Gasteiger partial charge in [-0.25, -0.2) is 4.21 Å². The first kappa shape index (κ1) is 24.4. The van der Waals surface area contributed by atoms with Crippen LogP contribution in [0, 0.1) is 6.92 Å². The van der Waals surface area contributed by atoms with Gasteiger partial charge in [0.05, 0.1) is 15.7 Å². The van der Waals surface area contributed by atoms with Crippen molar-refractivity contribution in [1.29, 1.82) is 0 Å². The Kier molecular flexibility index (Phi) is 7.74. The van der Waals surface area contributed by atoms with E-state index in [-0.39, 0.29) is 11.8 Å². The third kappa shape index (κ3) is 5.05. The van der Waals surface area contributed by atoms with Gasteiger partial charge in [0.2, 0.25) is 0 Å². The Bertz CT molecular complexity index is 1070. The van der Waals surface area contributed by atoms with Crippen LogP contribution in [0.25, 0.3) is 0 Å². The molecule has 0 heterocycles. The molecule has 32 heavy (non-hydrogen) atoms. The second-order valence-corrected chi connectivity index (χ2v) is 11.0. The fraction of sp³-hybridized carbons (Fsp3) is 0.379. The van der Waals surface area contributed by atoms with Crippen LogP contribution < -0.4 is 0 Å². The highest BCUT2D eigenvalue weighted by Gasteiger charge is 2.25. The van der Waals surface area contributed by atoms with Gasteiger partial charge in [0.25, 0.3) is 0 Å². The molecule has 3 heteroatoms. The zero-order chi connectivity index (χ0) is 23.6. The van der Waals surface area contributed by atoms with Crippen molar-refractivity contribution in [2.45, 2.75) is 82.1 Å². The zero-order valence-corrected chi connectivity index (χ0v) is 21.2. The molecule has 0 aliphatic heterocycles. The van der Waals surface area contributed by atoms with E-state index in [0.717, 1.165) is 27.1 Å². The second-order valence-electron chi connectivity index (χ2n) is 9.61. The summed E-state index contributed by atoms with van der Waals surface area (Å²) in [6, 6.07) is 19.9. The molecule has 3 aromatic carbocycles. The van der Waals surface area contributed by atoms with Crippen LogP contribution >= 0.6 is 0 Å². The lowest BCUT2D eigenvalue weighted by molar-refractivity contribution is 0.217. The summed E-state index contributed by atoms with van der Waals surface area (Å²) in [4.78, 5) is 1.59. The largest absolute Gasteiger partial charge is 0.384 e. The van der Waals surface area contributed by atoms with Gasteiger partial charge < -0.3 is 5.11 Å². The number of aliphatic hydroxyl groups is 1. The molecule has 3 aromatic rings. The highest BCUT2D eigenvalue weighted by atomic mass is 32.2. The first-order chi connectivity index (χ1) is 15.1. The summed E-state index contributed by atoms with van der Waals surface area (Å²) < 4.78 is 14.2. The van der Waals surface area contributed by atoms with Gasteiger partial charge in [0.15, 0.2) is 0 Å². The van der Waals surface area contributed by atoms with E-state index in [0.29, 0.717) is 16.4 Å². The number of benzene rings is 3. The molecule has 0 fully saturated rings. The quantitative estimate of drug-likeness (QED) is 0.404. The molecular weight excluding hydrogens is 412 g/mol. The highest BCUT2D eigenvalue weighted by Crippen LogP contribution is 2.38. The second kappa shape index (κ2) is 10.1. The molecule has 0 saturated heterocycles. The minimum Gasteiger partial charge on any atom is -0.384 e. The van der Waals surface area contributed by atoms with E-state index in [9.17, 15) is 9.32 Å². The monoisotopic (exact) mass is 448 g/mol. The summed E-state index contributed by atoms with van der Waals surface area (Å²) >= 11 is 0. The van der Waals surface area contributed by atoms with Crippen LogP contribution in [0.4, 0.5) is 0 Å².